The predicted molar refractivity (Wildman–Crippen MR) is 51.4 cm³/mol. The Bertz CT molecular complexity index is 515. The molecule has 0 unspecified atom stereocenters. The van der Waals surface area contributed by atoms with E-state index in [0.717, 1.165) is 0 Å². The first kappa shape index (κ1) is 8.90. The number of hydrogen-bond donors (Lipinski definition) is 2. The summed E-state index contributed by atoms with van der Waals surface area (Å²) >= 11 is 5.85. The molecule has 0 aliphatic heterocycles. The van der Waals surface area contributed by atoms with Gasteiger partial charge in [-0.2, -0.15) is 0 Å². The maximum absolute atomic E-state index is 10.8. The zero-order chi connectivity index (χ0) is 10.1. The summed E-state index contributed by atoms with van der Waals surface area (Å²) in [4.78, 5) is 12.9. The van der Waals surface area contributed by atoms with Crippen LogP contribution in [0.4, 0.5) is 0 Å². The lowest BCUT2D eigenvalue weighted by Gasteiger charge is -1.98. The molecule has 2 aromatic rings. The number of oxazole rings is 1. The van der Waals surface area contributed by atoms with E-state index in [-0.39, 0.29) is 11.6 Å². The van der Waals surface area contributed by atoms with Gasteiger partial charge >= 0.3 is 5.76 Å². The number of aromatic hydroxyl groups is 1. The molecule has 0 aliphatic carbocycles. The molecule has 2 rings (SSSR count). The molecule has 0 saturated heterocycles. The van der Waals surface area contributed by atoms with Gasteiger partial charge in [0.2, 0.25) is 11.6 Å². The number of nitrogens with one attached hydrogen (secondary N) is 1. The quantitative estimate of drug-likeness (QED) is 0.758. The van der Waals surface area contributed by atoms with Crippen molar-refractivity contribution in [2.24, 2.45) is 0 Å². The molecule has 0 bridgehead atoms. The smallest absolute Gasteiger partial charge is 0.419 e. The van der Waals surface area contributed by atoms with E-state index >= 15 is 0 Å². The highest BCUT2D eigenvalue weighted by molar-refractivity contribution is 6.33. The van der Waals surface area contributed by atoms with Crippen LogP contribution in [0.3, 0.4) is 0 Å². The van der Waals surface area contributed by atoms with E-state index in [1.54, 1.807) is 24.3 Å². The molecule has 0 fully saturated rings. The molecule has 0 saturated carbocycles. The summed E-state index contributed by atoms with van der Waals surface area (Å²) in [6.07, 6.45) is 0. The van der Waals surface area contributed by atoms with Crippen molar-refractivity contribution >= 4 is 11.6 Å². The summed E-state index contributed by atoms with van der Waals surface area (Å²) in [5.74, 6) is -0.971. The highest BCUT2D eigenvalue weighted by atomic mass is 35.5. The van der Waals surface area contributed by atoms with Crippen LogP contribution in [0.1, 0.15) is 0 Å². The summed E-state index contributed by atoms with van der Waals surface area (Å²) in [6.45, 7) is 0. The zero-order valence-corrected chi connectivity index (χ0v) is 7.71. The number of halogens is 1. The van der Waals surface area contributed by atoms with Crippen molar-refractivity contribution in [2.75, 3.05) is 0 Å². The van der Waals surface area contributed by atoms with Gasteiger partial charge < -0.3 is 9.52 Å². The van der Waals surface area contributed by atoms with E-state index < -0.39 is 5.76 Å². The van der Waals surface area contributed by atoms with Gasteiger partial charge in [-0.3, -0.25) is 4.98 Å². The number of aromatic amines is 1. The molecule has 5 heteroatoms. The van der Waals surface area contributed by atoms with E-state index in [1.165, 1.54) is 0 Å². The average molecular weight is 212 g/mol. The third kappa shape index (κ3) is 1.40. The molecular weight excluding hydrogens is 206 g/mol. The minimum absolute atomic E-state index is 0.0561. The molecule has 14 heavy (non-hydrogen) atoms. The van der Waals surface area contributed by atoms with Crippen LogP contribution in [0.5, 0.6) is 5.88 Å². The minimum Gasteiger partial charge on any atom is -0.492 e. The number of aromatic nitrogens is 1. The van der Waals surface area contributed by atoms with Crippen molar-refractivity contribution in [3.63, 3.8) is 0 Å². The van der Waals surface area contributed by atoms with E-state index in [9.17, 15) is 9.90 Å². The van der Waals surface area contributed by atoms with Crippen molar-refractivity contribution in [1.29, 1.82) is 0 Å². The fourth-order valence-electron chi connectivity index (χ4n) is 1.15. The first-order valence-electron chi connectivity index (χ1n) is 3.85. The molecule has 0 spiro atoms. The van der Waals surface area contributed by atoms with Gasteiger partial charge in [-0.15, -0.1) is 0 Å². The standard InChI is InChI=1S/C9H6ClNO3/c10-6-4-2-1-3-5(6)7-8(12)11-9(13)14-7/h1-4,12H,(H,11,13). The lowest BCUT2D eigenvalue weighted by Crippen LogP contribution is -1.92. The van der Waals surface area contributed by atoms with Gasteiger partial charge in [0.25, 0.3) is 0 Å². The Balaban J connectivity index is 2.66. The normalized spacial score (nSPS) is 10.4. The van der Waals surface area contributed by atoms with Crippen LogP contribution in [0.2, 0.25) is 5.02 Å². The SMILES string of the molecule is O=c1[nH]c(O)c(-c2ccccc2Cl)o1. The summed E-state index contributed by atoms with van der Waals surface area (Å²) in [6, 6.07) is 6.76. The first-order chi connectivity index (χ1) is 6.68. The van der Waals surface area contributed by atoms with E-state index in [2.05, 4.69) is 4.98 Å². The third-order valence-corrected chi connectivity index (χ3v) is 2.08. The lowest BCUT2D eigenvalue weighted by molar-refractivity contribution is 0.452. The van der Waals surface area contributed by atoms with Crippen molar-refractivity contribution in [2.45, 2.75) is 0 Å². The average Bonchev–Trinajstić information content (AvgIpc) is 2.46. The molecule has 0 atom stereocenters. The topological polar surface area (TPSA) is 66.2 Å². The fourth-order valence-corrected chi connectivity index (χ4v) is 1.37. The van der Waals surface area contributed by atoms with Gasteiger partial charge in [0.1, 0.15) is 0 Å². The molecule has 0 aliphatic rings. The van der Waals surface area contributed by atoms with Crippen molar-refractivity contribution in [3.8, 4) is 17.2 Å². The fraction of sp³-hybridized carbons (Fsp3) is 0. The predicted octanol–water partition coefficient (Wildman–Crippen LogP) is 1.99. The molecule has 4 nitrogen and oxygen atoms in total. The minimum atomic E-state index is -0.711. The highest BCUT2D eigenvalue weighted by Gasteiger charge is 2.13. The second-order valence-electron chi connectivity index (χ2n) is 2.67. The molecule has 0 radical (unpaired) electrons. The van der Waals surface area contributed by atoms with Crippen molar-refractivity contribution in [3.05, 3.63) is 39.8 Å². The maximum Gasteiger partial charge on any atom is 0.419 e. The van der Waals surface area contributed by atoms with E-state index in [0.29, 0.717) is 10.6 Å². The van der Waals surface area contributed by atoms with Crippen LogP contribution in [0.15, 0.2) is 33.5 Å². The van der Waals surface area contributed by atoms with Gasteiger partial charge in [-0.05, 0) is 12.1 Å². The largest absolute Gasteiger partial charge is 0.492 e. The summed E-state index contributed by atoms with van der Waals surface area (Å²) in [5, 5.41) is 9.71. The van der Waals surface area contributed by atoms with Gasteiger partial charge in [0, 0.05) is 5.56 Å². The van der Waals surface area contributed by atoms with Crippen LogP contribution in [-0.2, 0) is 0 Å². The number of benzene rings is 1. The second kappa shape index (κ2) is 3.23. The number of hydrogen-bond acceptors (Lipinski definition) is 3. The summed E-state index contributed by atoms with van der Waals surface area (Å²) < 4.78 is 4.74. The lowest BCUT2D eigenvalue weighted by atomic mass is 10.2. The summed E-state index contributed by atoms with van der Waals surface area (Å²) in [7, 11) is 0. The summed E-state index contributed by atoms with van der Waals surface area (Å²) in [5.41, 5.74) is 0.477. The van der Waals surface area contributed by atoms with E-state index in [1.807, 2.05) is 0 Å². The second-order valence-corrected chi connectivity index (χ2v) is 3.08. The van der Waals surface area contributed by atoms with Gasteiger partial charge in [-0.1, -0.05) is 23.7 Å². The Hall–Kier alpha value is -1.68. The number of rotatable bonds is 1. The van der Waals surface area contributed by atoms with Crippen molar-refractivity contribution < 1.29 is 9.52 Å². The first-order valence-corrected chi connectivity index (χ1v) is 4.23. The Labute approximate surface area is 83.8 Å². The maximum atomic E-state index is 10.8. The van der Waals surface area contributed by atoms with Crippen LogP contribution in [0, 0.1) is 0 Å². The van der Waals surface area contributed by atoms with Crippen LogP contribution < -0.4 is 5.76 Å². The monoisotopic (exact) mass is 211 g/mol. The van der Waals surface area contributed by atoms with Crippen LogP contribution in [0.25, 0.3) is 11.3 Å². The molecule has 1 aromatic carbocycles. The Morgan fingerprint density at radius 2 is 2.07 bits per heavy atom. The van der Waals surface area contributed by atoms with Gasteiger partial charge in [0.15, 0.2) is 0 Å². The molecule has 0 amide bonds. The molecule has 72 valence electrons. The Morgan fingerprint density at radius 3 is 2.64 bits per heavy atom. The van der Waals surface area contributed by atoms with Crippen molar-refractivity contribution in [1.82, 2.24) is 4.98 Å². The molecule has 1 heterocycles. The molecule has 2 N–H and O–H groups in total. The van der Waals surface area contributed by atoms with Gasteiger partial charge in [0.05, 0.1) is 5.02 Å². The highest BCUT2D eigenvalue weighted by Crippen LogP contribution is 2.31. The van der Waals surface area contributed by atoms with Gasteiger partial charge in [-0.25, -0.2) is 4.79 Å². The van der Waals surface area contributed by atoms with Crippen LogP contribution >= 0.6 is 11.6 Å². The molecule has 1 aromatic heterocycles. The zero-order valence-electron chi connectivity index (χ0n) is 6.95. The Morgan fingerprint density at radius 1 is 1.36 bits per heavy atom. The molecular formula is C9H6ClNO3. The van der Waals surface area contributed by atoms with Crippen LogP contribution in [-0.4, -0.2) is 10.1 Å². The van der Waals surface area contributed by atoms with E-state index in [4.69, 9.17) is 16.0 Å². The third-order valence-electron chi connectivity index (χ3n) is 1.75. The Kier molecular flexibility index (Phi) is 2.05. The number of H-pyrrole nitrogens is 1.